The third-order valence-corrected chi connectivity index (χ3v) is 5.29. The average molecular weight is 290 g/mol. The van der Waals surface area contributed by atoms with Crippen molar-refractivity contribution >= 4 is 0 Å². The Bertz CT molecular complexity index is 465. The summed E-state index contributed by atoms with van der Waals surface area (Å²) in [5.74, 6) is 0.890. The van der Waals surface area contributed by atoms with E-state index in [1.807, 2.05) is 10.9 Å². The standard InChI is InChI=1S/C17H30N4/c1-4-6-16-10-18-17(3,15-7-8-15)13-20(16)11-14-9-19-21(5-2)12-14/h9,12,15-16,18H,4-8,10-11,13H2,1-3H3. The third kappa shape index (κ3) is 3.32. The molecule has 2 heterocycles. The average Bonchev–Trinajstić information content (AvgIpc) is 3.24. The zero-order valence-corrected chi connectivity index (χ0v) is 13.8. The van der Waals surface area contributed by atoms with Crippen molar-refractivity contribution in [2.24, 2.45) is 5.92 Å². The van der Waals surface area contributed by atoms with Gasteiger partial charge in [0.1, 0.15) is 0 Å². The highest BCUT2D eigenvalue weighted by Crippen LogP contribution is 2.41. The van der Waals surface area contributed by atoms with Gasteiger partial charge < -0.3 is 5.32 Å². The zero-order chi connectivity index (χ0) is 14.9. The molecule has 21 heavy (non-hydrogen) atoms. The Balaban J connectivity index is 1.70. The lowest BCUT2D eigenvalue weighted by atomic mass is 9.89. The van der Waals surface area contributed by atoms with Crippen molar-refractivity contribution in [3.8, 4) is 0 Å². The second kappa shape index (κ2) is 6.09. The molecule has 2 atom stereocenters. The molecule has 0 bridgehead atoms. The smallest absolute Gasteiger partial charge is 0.0534 e. The van der Waals surface area contributed by atoms with Gasteiger partial charge in [-0.1, -0.05) is 13.3 Å². The van der Waals surface area contributed by atoms with Gasteiger partial charge in [-0.25, -0.2) is 0 Å². The number of hydrogen-bond donors (Lipinski definition) is 1. The minimum atomic E-state index is 0.324. The SMILES string of the molecule is CCCC1CNC(C)(C2CC2)CN1Cc1cnn(CC)c1. The summed E-state index contributed by atoms with van der Waals surface area (Å²) >= 11 is 0. The van der Waals surface area contributed by atoms with Crippen LogP contribution in [0.1, 0.15) is 52.0 Å². The number of nitrogens with zero attached hydrogens (tertiary/aromatic N) is 3. The van der Waals surface area contributed by atoms with Gasteiger partial charge in [-0.2, -0.15) is 5.10 Å². The molecule has 2 aliphatic rings. The molecule has 0 amide bonds. The summed E-state index contributed by atoms with van der Waals surface area (Å²) in [5, 5.41) is 8.29. The predicted molar refractivity (Wildman–Crippen MR) is 86.1 cm³/mol. The van der Waals surface area contributed by atoms with Gasteiger partial charge >= 0.3 is 0 Å². The van der Waals surface area contributed by atoms with Crippen LogP contribution in [0.25, 0.3) is 0 Å². The van der Waals surface area contributed by atoms with E-state index in [0.29, 0.717) is 11.6 Å². The van der Waals surface area contributed by atoms with Gasteiger partial charge in [-0.05, 0) is 39.0 Å². The van der Waals surface area contributed by atoms with Gasteiger partial charge in [0.15, 0.2) is 0 Å². The molecule has 0 spiro atoms. The molecule has 1 N–H and O–H groups in total. The van der Waals surface area contributed by atoms with Crippen molar-refractivity contribution in [1.82, 2.24) is 20.0 Å². The Labute approximate surface area is 128 Å². The minimum absolute atomic E-state index is 0.324. The minimum Gasteiger partial charge on any atom is -0.308 e. The second-order valence-electron chi connectivity index (χ2n) is 7.12. The van der Waals surface area contributed by atoms with E-state index >= 15 is 0 Å². The Morgan fingerprint density at radius 3 is 2.81 bits per heavy atom. The summed E-state index contributed by atoms with van der Waals surface area (Å²) in [4.78, 5) is 2.70. The molecular weight excluding hydrogens is 260 g/mol. The predicted octanol–water partition coefficient (Wildman–Crippen LogP) is 2.65. The molecule has 1 aromatic heterocycles. The third-order valence-electron chi connectivity index (χ3n) is 5.29. The second-order valence-corrected chi connectivity index (χ2v) is 7.12. The summed E-state index contributed by atoms with van der Waals surface area (Å²) in [5.41, 5.74) is 1.68. The van der Waals surface area contributed by atoms with Crippen LogP contribution in [0.5, 0.6) is 0 Å². The summed E-state index contributed by atoms with van der Waals surface area (Å²) in [6.45, 7) is 11.2. The molecule has 3 rings (SSSR count). The normalized spacial score (nSPS) is 30.7. The van der Waals surface area contributed by atoms with Gasteiger partial charge in [-0.3, -0.25) is 9.58 Å². The van der Waals surface area contributed by atoms with E-state index in [1.54, 1.807) is 0 Å². The van der Waals surface area contributed by atoms with Crippen LogP contribution in [-0.4, -0.2) is 39.4 Å². The fourth-order valence-electron chi connectivity index (χ4n) is 3.78. The van der Waals surface area contributed by atoms with Crippen molar-refractivity contribution in [1.29, 1.82) is 0 Å². The molecule has 1 saturated carbocycles. The van der Waals surface area contributed by atoms with Crippen LogP contribution in [0, 0.1) is 5.92 Å². The van der Waals surface area contributed by atoms with Crippen molar-refractivity contribution in [3.05, 3.63) is 18.0 Å². The van der Waals surface area contributed by atoms with Crippen molar-refractivity contribution < 1.29 is 0 Å². The van der Waals surface area contributed by atoms with E-state index < -0.39 is 0 Å². The first-order valence-electron chi connectivity index (χ1n) is 8.65. The highest BCUT2D eigenvalue weighted by molar-refractivity contribution is 5.08. The zero-order valence-electron chi connectivity index (χ0n) is 13.8. The molecule has 118 valence electrons. The van der Waals surface area contributed by atoms with Crippen LogP contribution in [0.15, 0.2) is 12.4 Å². The highest BCUT2D eigenvalue weighted by atomic mass is 15.3. The maximum Gasteiger partial charge on any atom is 0.0534 e. The van der Waals surface area contributed by atoms with Crippen LogP contribution in [0.3, 0.4) is 0 Å². The van der Waals surface area contributed by atoms with E-state index in [4.69, 9.17) is 0 Å². The van der Waals surface area contributed by atoms with Crippen molar-refractivity contribution in [2.45, 2.75) is 71.1 Å². The highest BCUT2D eigenvalue weighted by Gasteiger charge is 2.45. The van der Waals surface area contributed by atoms with E-state index in [0.717, 1.165) is 25.6 Å². The fourth-order valence-corrected chi connectivity index (χ4v) is 3.78. The maximum absolute atomic E-state index is 4.43. The molecule has 4 nitrogen and oxygen atoms in total. The maximum atomic E-state index is 4.43. The number of nitrogens with one attached hydrogen (secondary N) is 1. The van der Waals surface area contributed by atoms with Crippen molar-refractivity contribution in [2.75, 3.05) is 13.1 Å². The summed E-state index contributed by atoms with van der Waals surface area (Å²) in [6.07, 6.45) is 9.61. The lowest BCUT2D eigenvalue weighted by Gasteiger charge is -2.46. The first-order chi connectivity index (χ1) is 10.1. The first-order valence-corrected chi connectivity index (χ1v) is 8.65. The first kappa shape index (κ1) is 15.0. The van der Waals surface area contributed by atoms with E-state index in [1.165, 1.54) is 37.8 Å². The molecule has 2 unspecified atom stereocenters. The van der Waals surface area contributed by atoms with Crippen LogP contribution in [-0.2, 0) is 13.1 Å². The number of rotatable bonds is 6. The molecule has 2 fully saturated rings. The summed E-state index contributed by atoms with van der Waals surface area (Å²) < 4.78 is 2.03. The number of piperazine rings is 1. The molecule has 4 heteroatoms. The lowest BCUT2D eigenvalue weighted by Crippen LogP contribution is -2.63. The number of hydrogen-bond acceptors (Lipinski definition) is 3. The van der Waals surface area contributed by atoms with Crippen molar-refractivity contribution in [3.63, 3.8) is 0 Å². The fraction of sp³-hybridized carbons (Fsp3) is 0.824. The summed E-state index contributed by atoms with van der Waals surface area (Å²) in [6, 6.07) is 0.673. The largest absolute Gasteiger partial charge is 0.308 e. The molecule has 0 radical (unpaired) electrons. The molecule has 1 aliphatic carbocycles. The van der Waals surface area contributed by atoms with Crippen LogP contribution >= 0.6 is 0 Å². The van der Waals surface area contributed by atoms with Crippen LogP contribution in [0.2, 0.25) is 0 Å². The Morgan fingerprint density at radius 2 is 2.19 bits per heavy atom. The van der Waals surface area contributed by atoms with Gasteiger partial charge in [0.25, 0.3) is 0 Å². The number of aryl methyl sites for hydroxylation is 1. The topological polar surface area (TPSA) is 33.1 Å². The van der Waals surface area contributed by atoms with E-state index in [-0.39, 0.29) is 0 Å². The van der Waals surface area contributed by atoms with Crippen LogP contribution < -0.4 is 5.32 Å². The molecule has 0 aromatic carbocycles. The summed E-state index contributed by atoms with van der Waals surface area (Å²) in [7, 11) is 0. The number of aromatic nitrogens is 2. The Hall–Kier alpha value is -0.870. The quantitative estimate of drug-likeness (QED) is 0.874. The van der Waals surface area contributed by atoms with Gasteiger partial charge in [0, 0.05) is 49.5 Å². The van der Waals surface area contributed by atoms with Gasteiger partial charge in [0.05, 0.1) is 6.20 Å². The lowest BCUT2D eigenvalue weighted by molar-refractivity contribution is 0.0638. The van der Waals surface area contributed by atoms with E-state index in [9.17, 15) is 0 Å². The van der Waals surface area contributed by atoms with Gasteiger partial charge in [-0.15, -0.1) is 0 Å². The van der Waals surface area contributed by atoms with Gasteiger partial charge in [0.2, 0.25) is 0 Å². The van der Waals surface area contributed by atoms with Crippen LogP contribution in [0.4, 0.5) is 0 Å². The molecule has 1 aliphatic heterocycles. The van der Waals surface area contributed by atoms with E-state index in [2.05, 4.69) is 42.3 Å². The monoisotopic (exact) mass is 290 g/mol. The molecule has 1 saturated heterocycles. The molecular formula is C17H30N4. The Kier molecular flexibility index (Phi) is 4.36. The Morgan fingerprint density at radius 1 is 1.38 bits per heavy atom. The molecule has 1 aromatic rings.